The molecular weight excluding hydrogens is 270 g/mol. The van der Waals surface area contributed by atoms with Crippen molar-refractivity contribution in [3.63, 3.8) is 0 Å². The summed E-state index contributed by atoms with van der Waals surface area (Å²) in [5, 5.41) is -0.156. The molecule has 0 radical (unpaired) electrons. The van der Waals surface area contributed by atoms with Gasteiger partial charge in [-0.05, 0) is 25.4 Å². The molecule has 6 nitrogen and oxygen atoms in total. The van der Waals surface area contributed by atoms with Gasteiger partial charge in [-0.1, -0.05) is 6.07 Å². The molecule has 1 aliphatic carbocycles. The molecular formula is C15H15N3O3. The molecule has 6 heteroatoms. The fourth-order valence-corrected chi connectivity index (χ4v) is 2.48. The lowest BCUT2D eigenvalue weighted by Crippen LogP contribution is -2.36. The molecule has 1 aromatic heterocycles. The summed E-state index contributed by atoms with van der Waals surface area (Å²) in [6.45, 7) is -2.80. The minimum atomic E-state index is -2.80. The van der Waals surface area contributed by atoms with Crippen LogP contribution < -0.4 is 11.3 Å². The van der Waals surface area contributed by atoms with Crippen LogP contribution in [-0.4, -0.2) is 21.1 Å². The van der Waals surface area contributed by atoms with E-state index in [4.69, 9.17) is 12.6 Å². The van der Waals surface area contributed by atoms with E-state index in [1.807, 2.05) is 0 Å². The van der Waals surface area contributed by atoms with Gasteiger partial charge < -0.3 is 5.73 Å². The second-order valence-corrected chi connectivity index (χ2v) is 4.83. The number of anilines is 1. The summed E-state index contributed by atoms with van der Waals surface area (Å²) in [4.78, 5) is 40.9. The lowest BCUT2D eigenvalue weighted by atomic mass is 9.92. The number of aromatic nitrogens is 2. The number of aryl methyl sites for hydroxylation is 1. The molecule has 2 unspecified atom stereocenters. The highest BCUT2D eigenvalue weighted by atomic mass is 16.2. The van der Waals surface area contributed by atoms with E-state index in [-0.39, 0.29) is 29.1 Å². The zero-order valence-electron chi connectivity index (χ0n) is 15.9. The lowest BCUT2D eigenvalue weighted by molar-refractivity contribution is -0.132. The molecule has 3 rings (SSSR count). The summed E-state index contributed by atoms with van der Waals surface area (Å²) >= 11 is 0. The number of hydrogen-bond acceptors (Lipinski definition) is 5. The number of Topliss-reactive ketones (excluding diaryl/α,β-unsaturated/α-hetero) is 2. The van der Waals surface area contributed by atoms with Crippen LogP contribution >= 0.6 is 0 Å². The third-order valence-corrected chi connectivity index (χ3v) is 3.49. The van der Waals surface area contributed by atoms with Gasteiger partial charge in [-0.2, -0.15) is 0 Å². The predicted molar refractivity (Wildman–Crippen MR) is 78.1 cm³/mol. The maximum atomic E-state index is 13.0. The first-order valence-electron chi connectivity index (χ1n) is 8.89. The third-order valence-electron chi connectivity index (χ3n) is 3.49. The number of nitrogens with zero attached hydrogens (tertiary/aromatic N) is 2. The number of carbonyl (C=O) groups is 2. The van der Waals surface area contributed by atoms with Crippen molar-refractivity contribution < 1.29 is 16.4 Å². The fraction of sp³-hybridized carbons (Fsp3) is 0.333. The quantitative estimate of drug-likeness (QED) is 0.628. The summed E-state index contributed by atoms with van der Waals surface area (Å²) in [5.74, 6) is -1.82. The summed E-state index contributed by atoms with van der Waals surface area (Å²) in [7, 11) is 0. The van der Waals surface area contributed by atoms with Crippen molar-refractivity contribution in [3.05, 3.63) is 34.4 Å². The number of ketones is 2. The lowest BCUT2D eigenvalue weighted by Gasteiger charge is -2.24. The highest BCUT2D eigenvalue weighted by Crippen LogP contribution is 2.24. The van der Waals surface area contributed by atoms with Crippen LogP contribution in [0.25, 0.3) is 10.9 Å². The molecule has 0 spiro atoms. The van der Waals surface area contributed by atoms with E-state index in [9.17, 15) is 14.4 Å². The zero-order chi connectivity index (χ0) is 19.4. The molecule has 0 amide bonds. The van der Waals surface area contributed by atoms with Gasteiger partial charge in [-0.3, -0.25) is 19.0 Å². The molecule has 0 aliphatic heterocycles. The van der Waals surface area contributed by atoms with Gasteiger partial charge in [0.05, 0.1) is 24.7 Å². The van der Waals surface area contributed by atoms with Gasteiger partial charge in [0.25, 0.3) is 5.56 Å². The molecule has 2 atom stereocenters. The van der Waals surface area contributed by atoms with E-state index in [2.05, 4.69) is 4.98 Å². The number of rotatable bonds is 1. The normalized spacial score (nSPS) is 26.8. The van der Waals surface area contributed by atoms with Crippen LogP contribution in [0.1, 0.15) is 38.0 Å². The van der Waals surface area contributed by atoms with Gasteiger partial charge in [-0.15, -0.1) is 0 Å². The Morgan fingerprint density at radius 3 is 3.10 bits per heavy atom. The highest BCUT2D eigenvalue weighted by molar-refractivity contribution is 6.03. The van der Waals surface area contributed by atoms with E-state index in [1.54, 1.807) is 0 Å². The Bertz CT molecular complexity index is 999. The van der Waals surface area contributed by atoms with Gasteiger partial charge in [0, 0.05) is 17.6 Å². The second kappa shape index (κ2) is 4.80. The van der Waals surface area contributed by atoms with Crippen LogP contribution in [-0.2, 0) is 9.59 Å². The summed E-state index contributed by atoms with van der Waals surface area (Å²) in [6, 6.07) is 1.19. The van der Waals surface area contributed by atoms with Gasteiger partial charge >= 0.3 is 0 Å². The average Bonchev–Trinajstić information content (AvgIpc) is 2.53. The summed E-state index contributed by atoms with van der Waals surface area (Å²) < 4.78 is 39.2. The van der Waals surface area contributed by atoms with Crippen molar-refractivity contribution in [2.75, 3.05) is 5.73 Å². The first-order valence-corrected chi connectivity index (χ1v) is 6.32. The zero-order valence-corrected chi connectivity index (χ0v) is 10.9. The van der Waals surface area contributed by atoms with Crippen LogP contribution in [0, 0.1) is 6.85 Å². The number of nitrogens with two attached hydrogens (primary N) is 1. The number of benzene rings is 1. The Morgan fingerprint density at radius 2 is 2.33 bits per heavy atom. The van der Waals surface area contributed by atoms with Gasteiger partial charge in [0.15, 0.2) is 5.78 Å². The van der Waals surface area contributed by atoms with Crippen LogP contribution in [0.5, 0.6) is 0 Å². The van der Waals surface area contributed by atoms with Crippen molar-refractivity contribution in [1.29, 1.82) is 0 Å². The summed E-state index contributed by atoms with van der Waals surface area (Å²) in [6.07, 6.45) is -2.09. The van der Waals surface area contributed by atoms with E-state index < -0.39 is 48.7 Å². The molecule has 0 bridgehead atoms. The standard InChI is InChI=1S/C15H15N3O3/c1-8-17-11-4-2-3-10(16)14(11)15(21)18(8)12-6-5-9(19)7-13(12)20/h2-4,12H,5-7,16H2,1H3/i1D3,3D,5D. The largest absolute Gasteiger partial charge is 0.398 e. The Kier molecular flexibility index (Phi) is 1.99. The Balaban J connectivity index is 2.37. The first kappa shape index (κ1) is 8.71. The maximum absolute atomic E-state index is 13.0. The van der Waals surface area contributed by atoms with Crippen LogP contribution in [0.4, 0.5) is 5.69 Å². The molecule has 0 saturated heterocycles. The molecule has 2 N–H and O–H groups in total. The highest BCUT2D eigenvalue weighted by Gasteiger charge is 2.30. The second-order valence-electron chi connectivity index (χ2n) is 4.83. The molecule has 1 aliphatic rings. The molecule has 2 aromatic rings. The van der Waals surface area contributed by atoms with Gasteiger partial charge in [0.2, 0.25) is 0 Å². The van der Waals surface area contributed by atoms with Crippen molar-refractivity contribution in [2.45, 2.75) is 32.1 Å². The minimum Gasteiger partial charge on any atom is -0.398 e. The number of nitrogen functional groups attached to an aromatic ring is 1. The predicted octanol–water partition coefficient (Wildman–Crippen LogP) is 1.15. The smallest absolute Gasteiger partial charge is 0.264 e. The Hall–Kier alpha value is -2.50. The molecule has 1 fully saturated rings. The van der Waals surface area contributed by atoms with Crippen LogP contribution in [0.3, 0.4) is 0 Å². The molecule has 108 valence electrons. The Morgan fingerprint density at radius 1 is 1.52 bits per heavy atom. The summed E-state index contributed by atoms with van der Waals surface area (Å²) in [5.41, 5.74) is 4.77. The van der Waals surface area contributed by atoms with Gasteiger partial charge in [-0.25, -0.2) is 4.98 Å². The third kappa shape index (κ3) is 2.12. The van der Waals surface area contributed by atoms with Crippen molar-refractivity contribution in [3.8, 4) is 0 Å². The average molecular weight is 290 g/mol. The van der Waals surface area contributed by atoms with Gasteiger partial charge in [0.1, 0.15) is 11.6 Å². The van der Waals surface area contributed by atoms with E-state index >= 15 is 0 Å². The van der Waals surface area contributed by atoms with Crippen LogP contribution in [0.2, 0.25) is 0 Å². The molecule has 1 heterocycles. The van der Waals surface area contributed by atoms with E-state index in [0.717, 1.165) is 4.57 Å². The monoisotopic (exact) mass is 290 g/mol. The molecule has 1 saturated carbocycles. The number of hydrogen-bond donors (Lipinski definition) is 1. The number of carbonyl (C=O) groups excluding carboxylic acids is 2. The van der Waals surface area contributed by atoms with Crippen molar-refractivity contribution >= 4 is 28.2 Å². The van der Waals surface area contributed by atoms with Crippen molar-refractivity contribution in [2.24, 2.45) is 0 Å². The fourth-order valence-electron chi connectivity index (χ4n) is 2.48. The van der Waals surface area contributed by atoms with Crippen LogP contribution in [0.15, 0.2) is 23.0 Å². The molecule has 21 heavy (non-hydrogen) atoms. The van der Waals surface area contributed by atoms with E-state index in [1.165, 1.54) is 12.1 Å². The van der Waals surface area contributed by atoms with Crippen molar-refractivity contribution in [1.82, 2.24) is 9.55 Å². The minimum absolute atomic E-state index is 0.00707. The molecule has 1 aromatic carbocycles. The maximum Gasteiger partial charge on any atom is 0.264 e. The SMILES string of the molecule is [2H]c1ccc2nc(C([2H])([2H])[2H])n(C3CC([2H])C(=O)CC3=O)c(=O)c2c1N. The first-order chi connectivity index (χ1) is 12.0. The topological polar surface area (TPSA) is 95.0 Å². The Labute approximate surface area is 127 Å². The number of fused-ring (bicyclic) bond motifs is 1. The van der Waals surface area contributed by atoms with E-state index in [0.29, 0.717) is 0 Å².